The molecule has 1 aliphatic rings. The summed E-state index contributed by atoms with van der Waals surface area (Å²) < 4.78 is 26.6. The normalized spacial score (nSPS) is 17.5. The second kappa shape index (κ2) is 10.2. The van der Waals surface area contributed by atoms with Crippen molar-refractivity contribution in [3.63, 3.8) is 0 Å². The average molecular weight is 569 g/mol. The van der Waals surface area contributed by atoms with Gasteiger partial charge in [-0.1, -0.05) is 12.1 Å². The first-order valence-corrected chi connectivity index (χ1v) is 11.8. The van der Waals surface area contributed by atoms with Crippen molar-refractivity contribution in [3.8, 4) is 5.75 Å². The number of halogens is 2. The van der Waals surface area contributed by atoms with Gasteiger partial charge in [0.1, 0.15) is 20.9 Å². The number of carbonyl (C=O) groups excluding carboxylic acids is 2. The summed E-state index contributed by atoms with van der Waals surface area (Å²) in [6.45, 7) is 9.96. The fourth-order valence-electron chi connectivity index (χ4n) is 3.52. The van der Waals surface area contributed by atoms with Crippen LogP contribution in [0.5, 0.6) is 5.75 Å². The number of ether oxygens (including phenoxy) is 2. The van der Waals surface area contributed by atoms with Gasteiger partial charge >= 0.3 is 6.09 Å². The third-order valence-electron chi connectivity index (χ3n) is 5.24. The van der Waals surface area contributed by atoms with Crippen molar-refractivity contribution in [2.24, 2.45) is 0 Å². The molecule has 1 saturated heterocycles. The Morgan fingerprint density at radius 2 is 1.94 bits per heavy atom. The average Bonchev–Trinajstić information content (AvgIpc) is 2.73. The van der Waals surface area contributed by atoms with Crippen LogP contribution in [0, 0.1) is 16.4 Å². The van der Waals surface area contributed by atoms with Gasteiger partial charge in [0.2, 0.25) is 6.10 Å². The summed E-state index contributed by atoms with van der Waals surface area (Å²) in [6, 6.07) is 7.91. The predicted molar refractivity (Wildman–Crippen MR) is 130 cm³/mol. The molecule has 3 rings (SSSR count). The minimum atomic E-state index is -1.04. The molecule has 7 nitrogen and oxygen atoms in total. The van der Waals surface area contributed by atoms with Crippen LogP contribution in [0.2, 0.25) is 0 Å². The number of amides is 2. The molecule has 0 aliphatic carbocycles. The first kappa shape index (κ1) is 25.2. The van der Waals surface area contributed by atoms with E-state index < -0.39 is 23.6 Å². The summed E-state index contributed by atoms with van der Waals surface area (Å²) in [5.74, 6) is -0.291. The summed E-state index contributed by atoms with van der Waals surface area (Å²) in [6.07, 6.45) is 0.0954. The molecule has 178 valence electrons. The molecule has 1 aromatic carbocycles. The molecule has 1 unspecified atom stereocenters. The second-order valence-electron chi connectivity index (χ2n) is 9.13. The van der Waals surface area contributed by atoms with Crippen molar-refractivity contribution in [3.05, 3.63) is 57.2 Å². The van der Waals surface area contributed by atoms with Gasteiger partial charge in [0.25, 0.3) is 5.91 Å². The van der Waals surface area contributed by atoms with Crippen molar-refractivity contribution in [1.29, 1.82) is 0 Å². The van der Waals surface area contributed by atoms with Crippen LogP contribution in [0.25, 0.3) is 0 Å². The lowest BCUT2D eigenvalue weighted by Crippen LogP contribution is -2.57. The van der Waals surface area contributed by atoms with E-state index in [1.54, 1.807) is 41.0 Å². The minimum absolute atomic E-state index is 0.243. The lowest BCUT2D eigenvalue weighted by Gasteiger charge is -2.41. The Hall–Kier alpha value is -2.43. The van der Waals surface area contributed by atoms with Crippen molar-refractivity contribution in [2.75, 3.05) is 19.6 Å². The fourth-order valence-corrected chi connectivity index (χ4v) is 3.84. The van der Waals surface area contributed by atoms with E-state index in [0.717, 1.165) is 3.70 Å². The zero-order valence-electron chi connectivity index (χ0n) is 19.5. The minimum Gasteiger partial charge on any atom is -0.474 e. The Morgan fingerprint density at radius 3 is 2.52 bits per heavy atom. The number of nitrogens with zero attached hydrogens (tertiary/aromatic N) is 3. The lowest BCUT2D eigenvalue weighted by molar-refractivity contribution is -0.142. The van der Waals surface area contributed by atoms with Gasteiger partial charge < -0.3 is 19.3 Å². The zero-order chi connectivity index (χ0) is 24.3. The van der Waals surface area contributed by atoms with E-state index >= 15 is 0 Å². The van der Waals surface area contributed by atoms with Crippen LogP contribution < -0.4 is 4.74 Å². The Balaban J connectivity index is 1.80. The number of aryl methyl sites for hydroxylation is 1. The number of aromatic nitrogens is 1. The lowest BCUT2D eigenvalue weighted by atomic mass is 10.0. The van der Waals surface area contributed by atoms with Crippen molar-refractivity contribution < 1.29 is 23.5 Å². The molecular formula is C24H29FIN3O4. The Bertz CT molecular complexity index is 1010. The van der Waals surface area contributed by atoms with Crippen LogP contribution in [0.3, 0.4) is 0 Å². The van der Waals surface area contributed by atoms with E-state index in [1.807, 2.05) is 27.7 Å². The van der Waals surface area contributed by atoms with Crippen LogP contribution in [0.4, 0.5) is 9.18 Å². The molecule has 1 fully saturated rings. The van der Waals surface area contributed by atoms with Crippen molar-refractivity contribution in [1.82, 2.24) is 14.8 Å². The van der Waals surface area contributed by atoms with Gasteiger partial charge in [0.15, 0.2) is 0 Å². The van der Waals surface area contributed by atoms with E-state index in [-0.39, 0.29) is 11.9 Å². The van der Waals surface area contributed by atoms with E-state index in [4.69, 9.17) is 9.47 Å². The van der Waals surface area contributed by atoms with Gasteiger partial charge in [0, 0.05) is 31.2 Å². The summed E-state index contributed by atoms with van der Waals surface area (Å²) >= 11 is 2.08. The largest absolute Gasteiger partial charge is 0.474 e. The van der Waals surface area contributed by atoms with Crippen molar-refractivity contribution in [2.45, 2.75) is 52.4 Å². The Morgan fingerprint density at radius 1 is 1.21 bits per heavy atom. The molecule has 33 heavy (non-hydrogen) atoms. The quantitative estimate of drug-likeness (QED) is 0.394. The molecule has 2 heterocycles. The maximum absolute atomic E-state index is 14.3. The molecule has 0 N–H and O–H groups in total. The molecule has 2 aromatic rings. The Labute approximate surface area is 207 Å². The molecule has 0 saturated carbocycles. The van der Waals surface area contributed by atoms with Crippen LogP contribution in [0.15, 0.2) is 36.5 Å². The van der Waals surface area contributed by atoms with Gasteiger partial charge in [0.05, 0.1) is 6.20 Å². The second-order valence-corrected chi connectivity index (χ2v) is 10.2. The highest BCUT2D eigenvalue weighted by Gasteiger charge is 2.36. The van der Waals surface area contributed by atoms with E-state index in [9.17, 15) is 14.0 Å². The molecule has 0 bridgehead atoms. The molecular weight excluding hydrogens is 540 g/mol. The summed E-state index contributed by atoms with van der Waals surface area (Å²) in [4.78, 5) is 33.5. The van der Waals surface area contributed by atoms with Crippen LogP contribution >= 0.6 is 22.6 Å². The molecule has 9 heteroatoms. The van der Waals surface area contributed by atoms with Gasteiger partial charge in [-0.05, 0) is 81.0 Å². The first-order valence-electron chi connectivity index (χ1n) is 10.8. The molecule has 1 aromatic heterocycles. The first-order chi connectivity index (χ1) is 15.4. The number of piperazine rings is 1. The smallest absolute Gasteiger partial charge is 0.410 e. The molecule has 2 amide bonds. The summed E-state index contributed by atoms with van der Waals surface area (Å²) in [5.41, 5.74) is 0.309. The predicted octanol–water partition coefficient (Wildman–Crippen LogP) is 4.72. The zero-order valence-corrected chi connectivity index (χ0v) is 21.6. The van der Waals surface area contributed by atoms with Crippen LogP contribution in [-0.2, 0) is 9.53 Å². The number of hydrogen-bond acceptors (Lipinski definition) is 5. The Kier molecular flexibility index (Phi) is 7.81. The van der Waals surface area contributed by atoms with Gasteiger partial charge in [-0.2, -0.15) is 0 Å². The van der Waals surface area contributed by atoms with Crippen molar-refractivity contribution >= 4 is 34.6 Å². The van der Waals surface area contributed by atoms with Crippen LogP contribution in [0.1, 0.15) is 44.9 Å². The highest BCUT2D eigenvalue weighted by molar-refractivity contribution is 14.1. The maximum Gasteiger partial charge on any atom is 0.410 e. The topological polar surface area (TPSA) is 72.0 Å². The maximum atomic E-state index is 14.3. The molecule has 0 radical (unpaired) electrons. The monoisotopic (exact) mass is 569 g/mol. The molecule has 1 aliphatic heterocycles. The summed E-state index contributed by atoms with van der Waals surface area (Å²) in [5, 5.41) is 0. The van der Waals surface area contributed by atoms with E-state index in [1.165, 1.54) is 12.3 Å². The standard InChI is InChI=1S/C24H29FIN3O4/c1-15-6-7-17(12-19(15)25)21(32-18-8-9-20(26)27-13-18)22(30)28-10-11-29(16(2)14-28)23(31)33-24(3,4)5/h6-9,12-13,16,21H,10-11,14H2,1-5H3/t16-,21?/m1/s1. The fraction of sp³-hybridized carbons (Fsp3) is 0.458. The number of pyridine rings is 1. The van der Waals surface area contributed by atoms with Crippen LogP contribution in [-0.4, -0.2) is 58.1 Å². The van der Waals surface area contributed by atoms with Gasteiger partial charge in [-0.15, -0.1) is 0 Å². The van der Waals surface area contributed by atoms with E-state index in [2.05, 4.69) is 27.6 Å². The third-order valence-corrected chi connectivity index (χ3v) is 5.88. The van der Waals surface area contributed by atoms with Gasteiger partial charge in [-0.25, -0.2) is 14.2 Å². The van der Waals surface area contributed by atoms with Gasteiger partial charge in [-0.3, -0.25) is 4.79 Å². The highest BCUT2D eigenvalue weighted by atomic mass is 127. The number of carbonyl (C=O) groups is 2. The third kappa shape index (κ3) is 6.55. The number of benzene rings is 1. The number of hydrogen-bond donors (Lipinski definition) is 0. The SMILES string of the molecule is Cc1ccc(C(Oc2ccc(I)nc2)C(=O)N2CCN(C(=O)OC(C)(C)C)[C@H](C)C2)cc1F. The van der Waals surface area contributed by atoms with E-state index in [0.29, 0.717) is 36.5 Å². The molecule has 0 spiro atoms. The summed E-state index contributed by atoms with van der Waals surface area (Å²) in [7, 11) is 0. The highest BCUT2D eigenvalue weighted by Crippen LogP contribution is 2.27. The molecule has 2 atom stereocenters. The number of rotatable bonds is 4.